The lowest BCUT2D eigenvalue weighted by Gasteiger charge is -2.08. The number of amides is 1. The molecule has 0 bridgehead atoms. The predicted molar refractivity (Wildman–Crippen MR) is 104 cm³/mol. The summed E-state index contributed by atoms with van der Waals surface area (Å²) in [6.07, 6.45) is 2.05. The van der Waals surface area contributed by atoms with Gasteiger partial charge in [-0.1, -0.05) is 43.7 Å². The molecule has 3 aromatic rings. The first-order chi connectivity index (χ1) is 12.8. The first-order valence-corrected chi connectivity index (χ1v) is 8.80. The van der Waals surface area contributed by atoms with Crippen LogP contribution in [0.2, 0.25) is 0 Å². The number of carbonyl (C=O) groups excluding carboxylic acids is 1. The zero-order valence-corrected chi connectivity index (χ0v) is 14.8. The summed E-state index contributed by atoms with van der Waals surface area (Å²) in [4.78, 5) is 12.0. The summed E-state index contributed by atoms with van der Waals surface area (Å²) in [5.41, 5.74) is 3.37. The zero-order chi connectivity index (χ0) is 18.2. The van der Waals surface area contributed by atoms with E-state index in [-0.39, 0.29) is 5.91 Å². The van der Waals surface area contributed by atoms with Crippen LogP contribution in [0.3, 0.4) is 0 Å². The lowest BCUT2D eigenvalue weighted by atomic mass is 10.1. The molecule has 1 amide bonds. The van der Waals surface area contributed by atoms with Gasteiger partial charge in [-0.3, -0.25) is 4.79 Å². The summed E-state index contributed by atoms with van der Waals surface area (Å²) in [5, 5.41) is 14.6. The molecule has 132 valence electrons. The maximum Gasteiger partial charge on any atom is 0.251 e. The zero-order valence-electron chi connectivity index (χ0n) is 14.8. The molecule has 0 fully saturated rings. The van der Waals surface area contributed by atoms with E-state index in [2.05, 4.69) is 27.8 Å². The minimum atomic E-state index is -0.0444. The van der Waals surface area contributed by atoms with E-state index < -0.39 is 0 Å². The van der Waals surface area contributed by atoms with Crippen molar-refractivity contribution in [3.63, 3.8) is 0 Å². The molecule has 3 rings (SSSR count). The van der Waals surface area contributed by atoms with Gasteiger partial charge in [-0.05, 0) is 42.8 Å². The highest BCUT2D eigenvalue weighted by molar-refractivity contribution is 5.94. The van der Waals surface area contributed by atoms with Crippen LogP contribution in [0.1, 0.15) is 30.1 Å². The second-order valence-electron chi connectivity index (χ2n) is 5.98. The third kappa shape index (κ3) is 4.66. The third-order valence-electron chi connectivity index (χ3n) is 3.97. The van der Waals surface area contributed by atoms with Gasteiger partial charge < -0.3 is 10.6 Å². The Bertz CT molecular complexity index is 830. The predicted octanol–water partition coefficient (Wildman–Crippen LogP) is 4.42. The standard InChI is InChI=1S/C21H22N4O/c1-2-3-15-22-21(26)17-9-11-18(12-10-17)23-20-14-13-19(24-25-20)16-7-5-4-6-8-16/h4-14H,2-3,15H2,1H3,(H,22,26)(H,23,25). The SMILES string of the molecule is CCCCNC(=O)c1ccc(Nc2ccc(-c3ccccc3)nn2)cc1. The maximum atomic E-state index is 12.0. The quantitative estimate of drug-likeness (QED) is 0.622. The first kappa shape index (κ1) is 17.6. The van der Waals surface area contributed by atoms with Gasteiger partial charge in [-0.25, -0.2) is 0 Å². The maximum absolute atomic E-state index is 12.0. The number of nitrogens with zero attached hydrogens (tertiary/aromatic N) is 2. The van der Waals surface area contributed by atoms with Crippen LogP contribution in [0.15, 0.2) is 66.7 Å². The van der Waals surface area contributed by atoms with Crippen molar-refractivity contribution in [2.24, 2.45) is 0 Å². The number of hydrogen-bond donors (Lipinski definition) is 2. The van der Waals surface area contributed by atoms with Crippen LogP contribution in [0.5, 0.6) is 0 Å². The monoisotopic (exact) mass is 346 g/mol. The lowest BCUT2D eigenvalue weighted by Crippen LogP contribution is -2.24. The van der Waals surface area contributed by atoms with Gasteiger partial charge in [0.15, 0.2) is 5.82 Å². The summed E-state index contributed by atoms with van der Waals surface area (Å²) in [6.45, 7) is 2.81. The van der Waals surface area contributed by atoms with Gasteiger partial charge in [0, 0.05) is 23.4 Å². The third-order valence-corrected chi connectivity index (χ3v) is 3.97. The molecule has 0 saturated carbocycles. The molecule has 2 N–H and O–H groups in total. The average molecular weight is 346 g/mol. The van der Waals surface area contributed by atoms with Crippen molar-refractivity contribution in [1.82, 2.24) is 15.5 Å². The number of hydrogen-bond acceptors (Lipinski definition) is 4. The molecule has 5 heteroatoms. The second kappa shape index (κ2) is 8.76. The van der Waals surface area contributed by atoms with Gasteiger partial charge in [0.2, 0.25) is 0 Å². The second-order valence-corrected chi connectivity index (χ2v) is 5.98. The van der Waals surface area contributed by atoms with Crippen molar-refractivity contribution in [1.29, 1.82) is 0 Å². The van der Waals surface area contributed by atoms with Crippen LogP contribution in [0.25, 0.3) is 11.3 Å². The highest BCUT2D eigenvalue weighted by Crippen LogP contribution is 2.19. The molecule has 1 aromatic heterocycles. The molecule has 0 unspecified atom stereocenters. The summed E-state index contributed by atoms with van der Waals surface area (Å²) in [5.74, 6) is 0.613. The van der Waals surface area contributed by atoms with Crippen molar-refractivity contribution in [2.45, 2.75) is 19.8 Å². The fraction of sp³-hybridized carbons (Fsp3) is 0.190. The average Bonchev–Trinajstić information content (AvgIpc) is 2.70. The molecule has 0 atom stereocenters. The Labute approximate surface area is 153 Å². The molecule has 26 heavy (non-hydrogen) atoms. The number of aromatic nitrogens is 2. The molecular weight excluding hydrogens is 324 g/mol. The van der Waals surface area contributed by atoms with Crippen molar-refractivity contribution in [2.75, 3.05) is 11.9 Å². The van der Waals surface area contributed by atoms with Gasteiger partial charge in [0.05, 0.1) is 5.69 Å². The molecule has 0 aliphatic heterocycles. The van der Waals surface area contributed by atoms with Crippen molar-refractivity contribution < 1.29 is 4.79 Å². The van der Waals surface area contributed by atoms with E-state index in [1.807, 2.05) is 54.6 Å². The minimum Gasteiger partial charge on any atom is -0.352 e. The topological polar surface area (TPSA) is 66.9 Å². The summed E-state index contributed by atoms with van der Waals surface area (Å²) >= 11 is 0. The molecule has 2 aromatic carbocycles. The van der Waals surface area contributed by atoms with Crippen LogP contribution in [-0.2, 0) is 0 Å². The number of benzene rings is 2. The summed E-state index contributed by atoms with van der Waals surface area (Å²) in [7, 11) is 0. The highest BCUT2D eigenvalue weighted by Gasteiger charge is 2.05. The Morgan fingerprint density at radius 1 is 0.923 bits per heavy atom. The number of anilines is 2. The fourth-order valence-corrected chi connectivity index (χ4v) is 2.50. The van der Waals surface area contributed by atoms with Gasteiger partial charge in [0.25, 0.3) is 5.91 Å². The van der Waals surface area contributed by atoms with E-state index in [4.69, 9.17) is 0 Å². The van der Waals surface area contributed by atoms with E-state index in [1.165, 1.54) is 0 Å². The smallest absolute Gasteiger partial charge is 0.251 e. The number of carbonyl (C=O) groups is 1. The lowest BCUT2D eigenvalue weighted by molar-refractivity contribution is 0.0953. The molecular formula is C21H22N4O. The Morgan fingerprint density at radius 3 is 2.35 bits per heavy atom. The van der Waals surface area contributed by atoms with Crippen molar-refractivity contribution in [3.05, 3.63) is 72.3 Å². The van der Waals surface area contributed by atoms with Gasteiger partial charge >= 0.3 is 0 Å². The fourth-order valence-electron chi connectivity index (χ4n) is 2.50. The van der Waals surface area contributed by atoms with E-state index in [0.717, 1.165) is 29.8 Å². The minimum absolute atomic E-state index is 0.0444. The molecule has 5 nitrogen and oxygen atoms in total. The van der Waals surface area contributed by atoms with E-state index in [0.29, 0.717) is 17.9 Å². The van der Waals surface area contributed by atoms with Crippen LogP contribution >= 0.6 is 0 Å². The Morgan fingerprint density at radius 2 is 1.69 bits per heavy atom. The Balaban J connectivity index is 1.61. The molecule has 1 heterocycles. The van der Waals surface area contributed by atoms with Crippen LogP contribution in [-0.4, -0.2) is 22.6 Å². The first-order valence-electron chi connectivity index (χ1n) is 8.80. The van der Waals surface area contributed by atoms with E-state index >= 15 is 0 Å². The van der Waals surface area contributed by atoms with Crippen LogP contribution in [0.4, 0.5) is 11.5 Å². The number of nitrogens with one attached hydrogen (secondary N) is 2. The van der Waals surface area contributed by atoms with Crippen molar-refractivity contribution >= 4 is 17.4 Å². The summed E-state index contributed by atoms with van der Waals surface area (Å²) < 4.78 is 0. The van der Waals surface area contributed by atoms with E-state index in [1.54, 1.807) is 12.1 Å². The Hall–Kier alpha value is -3.21. The van der Waals surface area contributed by atoms with Gasteiger partial charge in [-0.15, -0.1) is 10.2 Å². The molecule has 0 saturated heterocycles. The number of rotatable bonds is 7. The van der Waals surface area contributed by atoms with Crippen molar-refractivity contribution in [3.8, 4) is 11.3 Å². The van der Waals surface area contributed by atoms with Gasteiger partial charge in [0.1, 0.15) is 0 Å². The van der Waals surface area contributed by atoms with Crippen LogP contribution in [0, 0.1) is 0 Å². The van der Waals surface area contributed by atoms with E-state index in [9.17, 15) is 4.79 Å². The molecule has 0 radical (unpaired) electrons. The Kier molecular flexibility index (Phi) is 5.93. The highest BCUT2D eigenvalue weighted by atomic mass is 16.1. The largest absolute Gasteiger partial charge is 0.352 e. The van der Waals surface area contributed by atoms with Gasteiger partial charge in [-0.2, -0.15) is 0 Å². The number of unbranched alkanes of at least 4 members (excludes halogenated alkanes) is 1. The summed E-state index contributed by atoms with van der Waals surface area (Å²) in [6, 6.07) is 21.1. The molecule has 0 aliphatic rings. The molecule has 0 spiro atoms. The normalized spacial score (nSPS) is 10.3. The molecule has 0 aliphatic carbocycles. The van der Waals surface area contributed by atoms with Crippen LogP contribution < -0.4 is 10.6 Å².